The highest BCUT2D eigenvalue weighted by molar-refractivity contribution is 9.09. The minimum absolute atomic E-state index is 0.0430. The minimum Gasteiger partial charge on any atom is -0.481 e. The van der Waals surface area contributed by atoms with E-state index in [0.29, 0.717) is 18.4 Å². The Labute approximate surface area is 228 Å². The summed E-state index contributed by atoms with van der Waals surface area (Å²) in [6.07, 6.45) is 1.81. The quantitative estimate of drug-likeness (QED) is 0.315. The minimum atomic E-state index is -1.33. The zero-order valence-corrected chi connectivity index (χ0v) is 22.9. The molecule has 8 atom stereocenters. The smallest absolute Gasteiger partial charge is 0.310 e. The molecule has 204 valence electrons. The van der Waals surface area contributed by atoms with E-state index >= 15 is 0 Å². The van der Waals surface area contributed by atoms with Crippen LogP contribution < -0.4 is 0 Å². The van der Waals surface area contributed by atoms with Crippen LogP contribution in [0.25, 0.3) is 11.0 Å². The highest BCUT2D eigenvalue weighted by atomic mass is 79.9. The maximum Gasteiger partial charge on any atom is 0.310 e. The Balaban J connectivity index is 1.59. The summed E-state index contributed by atoms with van der Waals surface area (Å²) in [5.41, 5.74) is 0.0825. The third-order valence-corrected chi connectivity index (χ3v) is 9.32. The highest BCUT2D eigenvalue weighted by Crippen LogP contribution is 2.60. The molecular weight excluding hydrogens is 558 g/mol. The number of halogens is 1. The second-order valence-corrected chi connectivity index (χ2v) is 11.6. The molecule has 11 nitrogen and oxygen atoms in total. The number of hydrogen-bond acceptors (Lipinski definition) is 7. The van der Waals surface area contributed by atoms with E-state index < -0.39 is 53.4 Å². The van der Waals surface area contributed by atoms with Crippen LogP contribution in [-0.2, 0) is 25.8 Å². The second-order valence-electron chi connectivity index (χ2n) is 10.5. The average Bonchev–Trinajstić information content (AvgIpc) is 3.61. The Morgan fingerprint density at radius 2 is 2.13 bits per heavy atom. The number of carbonyl (C=O) groups is 3. The van der Waals surface area contributed by atoms with Gasteiger partial charge < -0.3 is 24.7 Å². The number of amides is 2. The van der Waals surface area contributed by atoms with E-state index in [9.17, 15) is 24.6 Å². The molecule has 4 heterocycles. The summed E-state index contributed by atoms with van der Waals surface area (Å²) in [6.45, 7) is 7.50. The highest BCUT2D eigenvalue weighted by Gasteiger charge is 2.77. The predicted molar refractivity (Wildman–Crippen MR) is 140 cm³/mol. The third-order valence-electron chi connectivity index (χ3n) is 8.48. The lowest BCUT2D eigenvalue weighted by Crippen LogP contribution is -2.60. The van der Waals surface area contributed by atoms with Gasteiger partial charge in [0.1, 0.15) is 23.8 Å². The van der Waals surface area contributed by atoms with Gasteiger partial charge in [0.2, 0.25) is 11.8 Å². The molecule has 3 aliphatic heterocycles. The number of aliphatic carboxylic acids is 1. The summed E-state index contributed by atoms with van der Waals surface area (Å²) < 4.78 is 7.97. The Morgan fingerprint density at radius 3 is 2.79 bits per heavy atom. The van der Waals surface area contributed by atoms with Crippen molar-refractivity contribution in [2.24, 2.45) is 17.8 Å². The normalized spacial score (nSPS) is 31.4. The zero-order chi connectivity index (χ0) is 27.4. The number of carboxylic acid groups (broad SMARTS) is 1. The number of para-hydroxylation sites is 1. The lowest BCUT2D eigenvalue weighted by atomic mass is 9.70. The topological polar surface area (TPSA) is 138 Å². The van der Waals surface area contributed by atoms with E-state index in [0.717, 1.165) is 5.52 Å². The number of ether oxygens (including phenoxy) is 1. The van der Waals surface area contributed by atoms with Crippen LogP contribution in [-0.4, -0.2) is 94.6 Å². The summed E-state index contributed by atoms with van der Waals surface area (Å²) in [5.74, 6) is -4.25. The molecule has 2 bridgehead atoms. The molecule has 1 unspecified atom stereocenters. The van der Waals surface area contributed by atoms with Gasteiger partial charge >= 0.3 is 5.97 Å². The van der Waals surface area contributed by atoms with Gasteiger partial charge in [-0.15, -0.1) is 11.7 Å². The number of carbonyl (C=O) groups excluding carboxylic acids is 2. The molecule has 1 aromatic heterocycles. The summed E-state index contributed by atoms with van der Waals surface area (Å²) in [6, 6.07) is 5.59. The van der Waals surface area contributed by atoms with Crippen molar-refractivity contribution in [3.05, 3.63) is 36.9 Å². The second kappa shape index (κ2) is 10.0. The Morgan fingerprint density at radius 1 is 1.39 bits per heavy atom. The van der Waals surface area contributed by atoms with Gasteiger partial charge in [0.05, 0.1) is 36.1 Å². The monoisotopic (exact) mass is 589 g/mol. The first-order valence-electron chi connectivity index (χ1n) is 12.9. The molecule has 3 fully saturated rings. The van der Waals surface area contributed by atoms with Crippen LogP contribution in [0.1, 0.15) is 26.7 Å². The third kappa shape index (κ3) is 3.87. The first-order valence-corrected chi connectivity index (χ1v) is 13.8. The Hall–Kier alpha value is -2.83. The average molecular weight is 590 g/mol. The molecule has 5 rings (SSSR count). The van der Waals surface area contributed by atoms with Gasteiger partial charge in [-0.25, -0.2) is 4.68 Å². The number of aliphatic hydroxyl groups is 1. The van der Waals surface area contributed by atoms with Crippen LogP contribution in [0, 0.1) is 17.8 Å². The number of alkyl halides is 1. The fourth-order valence-electron chi connectivity index (χ4n) is 6.53. The summed E-state index contributed by atoms with van der Waals surface area (Å²) >= 11 is 3.56. The molecule has 12 heteroatoms. The van der Waals surface area contributed by atoms with Crippen LogP contribution in [0.3, 0.4) is 0 Å². The molecule has 1 aromatic carbocycles. The predicted octanol–water partition coefficient (Wildman–Crippen LogP) is 1.64. The Kier molecular flexibility index (Phi) is 7.08. The van der Waals surface area contributed by atoms with Gasteiger partial charge in [0.25, 0.3) is 0 Å². The van der Waals surface area contributed by atoms with E-state index in [1.807, 2.05) is 38.1 Å². The van der Waals surface area contributed by atoms with Crippen LogP contribution >= 0.6 is 15.9 Å². The van der Waals surface area contributed by atoms with Crippen molar-refractivity contribution in [3.8, 4) is 0 Å². The number of benzene rings is 1. The van der Waals surface area contributed by atoms with Gasteiger partial charge in [0, 0.05) is 11.4 Å². The summed E-state index contributed by atoms with van der Waals surface area (Å²) in [5, 5.41) is 28.9. The van der Waals surface area contributed by atoms with Crippen molar-refractivity contribution < 1.29 is 29.3 Å². The molecule has 38 heavy (non-hydrogen) atoms. The first kappa shape index (κ1) is 26.8. The molecule has 1 spiro atoms. The van der Waals surface area contributed by atoms with E-state index in [-0.39, 0.29) is 30.6 Å². The van der Waals surface area contributed by atoms with Crippen LogP contribution in [0.5, 0.6) is 0 Å². The largest absolute Gasteiger partial charge is 0.481 e. The van der Waals surface area contributed by atoms with Gasteiger partial charge in [-0.05, 0) is 24.5 Å². The van der Waals surface area contributed by atoms with Crippen molar-refractivity contribution in [1.29, 1.82) is 0 Å². The van der Waals surface area contributed by atoms with Crippen LogP contribution in [0.15, 0.2) is 36.9 Å². The number of aromatic nitrogens is 3. The molecule has 2 amide bonds. The van der Waals surface area contributed by atoms with Gasteiger partial charge in [-0.2, -0.15) is 0 Å². The fraction of sp³-hybridized carbons (Fsp3) is 0.577. The number of likely N-dealkylation sites (tertiary alicyclic amines) is 1. The molecular formula is C26H32BrN5O6. The van der Waals surface area contributed by atoms with E-state index in [4.69, 9.17) is 4.74 Å². The van der Waals surface area contributed by atoms with Crippen molar-refractivity contribution in [1.82, 2.24) is 24.8 Å². The molecule has 0 aliphatic carbocycles. The van der Waals surface area contributed by atoms with Crippen molar-refractivity contribution >= 4 is 44.7 Å². The molecule has 3 saturated heterocycles. The van der Waals surface area contributed by atoms with Gasteiger partial charge in [-0.1, -0.05) is 59.6 Å². The SMILES string of the molecule is C=CCN(Cn1nnc2ccccc21)C(=O)[C@H]1N([C@@H](CO)[C@@H](C)CC)C(=O)[C@@H]2[C@@H](C(=O)O)[C@@H]3O[C@@]21CC3Br. The van der Waals surface area contributed by atoms with Gasteiger partial charge in [0.15, 0.2) is 0 Å². The van der Waals surface area contributed by atoms with E-state index in [1.165, 1.54) is 9.80 Å². The number of rotatable bonds is 10. The number of carboxylic acids is 1. The standard InChI is InChI=1S/C26H32BrN5O6/c1-4-10-30(13-31-17-9-7-6-8-16(17)28-29-31)24(35)22-26-11-15(27)21(38-26)19(25(36)37)20(26)23(34)32(22)18(12-33)14(3)5-2/h4,6-9,14-15,18-22,33H,1,5,10-13H2,2-3H3,(H,36,37)/t14-,15?,18-,19+,20-,21+,22+,26-/m0/s1. The molecule has 0 saturated carbocycles. The maximum absolute atomic E-state index is 14.5. The lowest BCUT2D eigenvalue weighted by molar-refractivity contribution is -0.155. The maximum atomic E-state index is 14.5. The van der Waals surface area contributed by atoms with Crippen molar-refractivity contribution in [2.75, 3.05) is 13.2 Å². The molecule has 0 radical (unpaired) electrons. The van der Waals surface area contributed by atoms with Crippen LogP contribution in [0.2, 0.25) is 0 Å². The lowest BCUT2D eigenvalue weighted by Gasteiger charge is -2.40. The number of fused-ring (bicyclic) bond motifs is 2. The summed E-state index contributed by atoms with van der Waals surface area (Å²) in [7, 11) is 0. The number of aliphatic hydroxyl groups excluding tert-OH is 1. The van der Waals surface area contributed by atoms with E-state index in [1.54, 1.807) is 10.8 Å². The van der Waals surface area contributed by atoms with Crippen molar-refractivity contribution in [2.45, 2.75) is 62.0 Å². The zero-order valence-electron chi connectivity index (χ0n) is 21.3. The fourth-order valence-corrected chi connectivity index (χ4v) is 7.47. The molecule has 2 aromatic rings. The first-order chi connectivity index (χ1) is 18.2. The summed E-state index contributed by atoms with van der Waals surface area (Å²) in [4.78, 5) is 43.5. The number of nitrogens with zero attached hydrogens (tertiary/aromatic N) is 5. The van der Waals surface area contributed by atoms with Gasteiger partial charge in [-0.3, -0.25) is 14.4 Å². The Bertz CT molecular complexity index is 1270. The molecule has 3 aliphatic rings. The van der Waals surface area contributed by atoms with E-state index in [2.05, 4.69) is 32.8 Å². The van der Waals surface area contributed by atoms with Crippen LogP contribution in [0.4, 0.5) is 0 Å². The number of hydrogen-bond donors (Lipinski definition) is 2. The van der Waals surface area contributed by atoms with Crippen molar-refractivity contribution in [3.63, 3.8) is 0 Å². The molecule has 2 N–H and O–H groups in total.